The predicted octanol–water partition coefficient (Wildman–Crippen LogP) is 3.62. The first-order chi connectivity index (χ1) is 16.9. The summed E-state index contributed by atoms with van der Waals surface area (Å²) in [5, 5.41) is 11.1. The highest BCUT2D eigenvalue weighted by atomic mass is 16.1. The van der Waals surface area contributed by atoms with E-state index in [1.165, 1.54) is 5.01 Å². The minimum Gasteiger partial charge on any atom is -0.401 e. The molecule has 1 atom stereocenters. The van der Waals surface area contributed by atoms with Gasteiger partial charge in [0.1, 0.15) is 5.69 Å². The standard InChI is InChI=1S/C26H30N8O/c1-3-18(2)33-14-6-7-19(16-33)22(27)17-34(28)21-9-4-8-20(15-21)30-26(35)25-11-5-10-23(31-25)24-12-13-29-32-24/h3-5,8-13,15,17,19H,1-2,6-7,14,16,27-28H2,(H,29,32)(H,30,35)/b22-17-. The van der Waals surface area contributed by atoms with Crippen molar-refractivity contribution in [2.24, 2.45) is 17.5 Å². The van der Waals surface area contributed by atoms with Crippen LogP contribution < -0.4 is 21.9 Å². The van der Waals surface area contributed by atoms with Gasteiger partial charge in [0, 0.05) is 48.5 Å². The molecule has 0 spiro atoms. The van der Waals surface area contributed by atoms with Crippen LogP contribution in [-0.4, -0.2) is 39.1 Å². The van der Waals surface area contributed by atoms with E-state index in [4.69, 9.17) is 11.6 Å². The number of aromatic nitrogens is 3. The van der Waals surface area contributed by atoms with Gasteiger partial charge in [-0.25, -0.2) is 10.8 Å². The highest BCUT2D eigenvalue weighted by Gasteiger charge is 2.22. The Labute approximate surface area is 204 Å². The zero-order valence-corrected chi connectivity index (χ0v) is 19.5. The van der Waals surface area contributed by atoms with Crippen molar-refractivity contribution in [3.63, 3.8) is 0 Å². The number of hydrazine groups is 1. The molecule has 0 bridgehead atoms. The van der Waals surface area contributed by atoms with Gasteiger partial charge < -0.3 is 16.0 Å². The number of likely N-dealkylation sites (tertiary alicyclic amines) is 1. The lowest BCUT2D eigenvalue weighted by molar-refractivity contribution is 0.102. The van der Waals surface area contributed by atoms with Gasteiger partial charge in [-0.1, -0.05) is 25.3 Å². The lowest BCUT2D eigenvalue weighted by Crippen LogP contribution is -2.37. The Morgan fingerprint density at radius 3 is 2.86 bits per heavy atom. The summed E-state index contributed by atoms with van der Waals surface area (Å²) in [7, 11) is 0. The molecule has 2 aromatic heterocycles. The van der Waals surface area contributed by atoms with Gasteiger partial charge in [0.25, 0.3) is 5.91 Å². The van der Waals surface area contributed by atoms with E-state index in [-0.39, 0.29) is 11.8 Å². The number of rotatable bonds is 8. The zero-order valence-electron chi connectivity index (χ0n) is 19.5. The fraction of sp³-hybridized carbons (Fsp3) is 0.192. The molecule has 9 nitrogen and oxygen atoms in total. The van der Waals surface area contributed by atoms with Gasteiger partial charge in [0.15, 0.2) is 0 Å². The van der Waals surface area contributed by atoms with Crippen LogP contribution in [0.1, 0.15) is 23.3 Å². The molecule has 9 heteroatoms. The average molecular weight is 471 g/mol. The molecule has 0 saturated carbocycles. The lowest BCUT2D eigenvalue weighted by Gasteiger charge is -2.35. The number of allylic oxidation sites excluding steroid dienone is 1. The van der Waals surface area contributed by atoms with Gasteiger partial charge in [-0.2, -0.15) is 5.10 Å². The quantitative estimate of drug-likeness (QED) is 0.225. The number of nitrogens with zero attached hydrogens (tertiary/aromatic N) is 4. The third-order valence-corrected chi connectivity index (χ3v) is 5.98. The number of piperidine rings is 1. The van der Waals surface area contributed by atoms with E-state index in [0.29, 0.717) is 28.5 Å². The molecule has 3 aromatic rings. The van der Waals surface area contributed by atoms with E-state index in [9.17, 15) is 4.79 Å². The largest absolute Gasteiger partial charge is 0.401 e. The van der Waals surface area contributed by atoms with Crippen LogP contribution in [0.15, 0.2) is 91.6 Å². The summed E-state index contributed by atoms with van der Waals surface area (Å²) < 4.78 is 0. The Balaban J connectivity index is 1.44. The van der Waals surface area contributed by atoms with E-state index in [1.807, 2.05) is 18.2 Å². The van der Waals surface area contributed by atoms with Gasteiger partial charge in [-0.3, -0.25) is 14.9 Å². The second-order valence-corrected chi connectivity index (χ2v) is 8.40. The summed E-state index contributed by atoms with van der Waals surface area (Å²) >= 11 is 0. The molecular formula is C26H30N8O. The first kappa shape index (κ1) is 23.8. The van der Waals surface area contributed by atoms with Gasteiger partial charge >= 0.3 is 0 Å². The fourth-order valence-corrected chi connectivity index (χ4v) is 4.03. The van der Waals surface area contributed by atoms with Crippen molar-refractivity contribution in [1.82, 2.24) is 20.1 Å². The molecule has 3 heterocycles. The Kier molecular flexibility index (Phi) is 7.27. The Hall–Kier alpha value is -4.37. The Morgan fingerprint density at radius 1 is 1.26 bits per heavy atom. The topological polar surface area (TPSA) is 129 Å². The molecule has 0 radical (unpaired) electrons. The van der Waals surface area contributed by atoms with E-state index >= 15 is 0 Å². The summed E-state index contributed by atoms with van der Waals surface area (Å²) in [6.07, 6.45) is 7.14. The number of nitrogens with one attached hydrogen (secondary N) is 2. The molecule has 1 unspecified atom stereocenters. The maximum absolute atomic E-state index is 12.8. The molecule has 1 aliphatic heterocycles. The van der Waals surface area contributed by atoms with Gasteiger partial charge in [-0.05, 0) is 55.3 Å². The van der Waals surface area contributed by atoms with Gasteiger partial charge in [0.2, 0.25) is 0 Å². The molecule has 1 amide bonds. The number of aromatic amines is 1. The number of benzene rings is 1. The van der Waals surface area contributed by atoms with Crippen molar-refractivity contribution in [2.75, 3.05) is 23.4 Å². The van der Waals surface area contributed by atoms with Crippen molar-refractivity contribution in [1.29, 1.82) is 0 Å². The highest BCUT2D eigenvalue weighted by molar-refractivity contribution is 6.03. The van der Waals surface area contributed by atoms with Crippen LogP contribution in [0, 0.1) is 5.92 Å². The molecule has 1 fully saturated rings. The van der Waals surface area contributed by atoms with Crippen molar-refractivity contribution < 1.29 is 4.79 Å². The van der Waals surface area contributed by atoms with Gasteiger partial charge in [0.05, 0.1) is 17.1 Å². The molecule has 6 N–H and O–H groups in total. The molecule has 180 valence electrons. The molecule has 1 aromatic carbocycles. The number of carbonyl (C=O) groups excluding carboxylic acids is 1. The fourth-order valence-electron chi connectivity index (χ4n) is 4.03. The zero-order chi connectivity index (χ0) is 24.8. The van der Waals surface area contributed by atoms with Gasteiger partial charge in [-0.15, -0.1) is 0 Å². The summed E-state index contributed by atoms with van der Waals surface area (Å²) in [6, 6.07) is 14.3. The number of nitrogens with two attached hydrogens (primary N) is 2. The molecule has 35 heavy (non-hydrogen) atoms. The van der Waals surface area contributed by atoms with Crippen molar-refractivity contribution >= 4 is 17.3 Å². The monoisotopic (exact) mass is 470 g/mol. The summed E-state index contributed by atoms with van der Waals surface area (Å²) in [5.74, 6) is 6.15. The number of hydrogen-bond acceptors (Lipinski definition) is 7. The third kappa shape index (κ3) is 5.77. The van der Waals surface area contributed by atoms with E-state index in [1.54, 1.807) is 48.8 Å². The summed E-state index contributed by atoms with van der Waals surface area (Å²) in [4.78, 5) is 19.4. The van der Waals surface area contributed by atoms with Crippen LogP contribution in [0.4, 0.5) is 11.4 Å². The van der Waals surface area contributed by atoms with E-state index in [2.05, 4.69) is 38.6 Å². The molecular weight excluding hydrogens is 440 g/mol. The number of H-pyrrole nitrogens is 1. The van der Waals surface area contributed by atoms with Crippen LogP contribution in [0.3, 0.4) is 0 Å². The maximum atomic E-state index is 12.8. The molecule has 4 rings (SSSR count). The minimum absolute atomic E-state index is 0.169. The Morgan fingerprint density at radius 2 is 2.09 bits per heavy atom. The SMILES string of the molecule is C=CC(=C)N1CCCC(/C(N)=C/N(N)c2cccc(NC(=O)c3cccc(-c4ccn[nH]4)n3)c2)C1. The van der Waals surface area contributed by atoms with Crippen LogP contribution in [-0.2, 0) is 0 Å². The highest BCUT2D eigenvalue weighted by Crippen LogP contribution is 2.25. The first-order valence-electron chi connectivity index (χ1n) is 11.4. The lowest BCUT2D eigenvalue weighted by atomic mass is 9.95. The van der Waals surface area contributed by atoms with Crippen LogP contribution in [0.2, 0.25) is 0 Å². The summed E-state index contributed by atoms with van der Waals surface area (Å²) in [6.45, 7) is 9.57. The van der Waals surface area contributed by atoms with Crippen molar-refractivity contribution in [3.05, 3.63) is 97.2 Å². The first-order valence-corrected chi connectivity index (χ1v) is 11.4. The molecule has 1 saturated heterocycles. The number of pyridine rings is 1. The Bertz CT molecular complexity index is 1230. The smallest absolute Gasteiger partial charge is 0.274 e. The van der Waals surface area contributed by atoms with E-state index in [0.717, 1.165) is 37.3 Å². The van der Waals surface area contributed by atoms with Crippen LogP contribution >= 0.6 is 0 Å². The van der Waals surface area contributed by atoms with Crippen LogP contribution in [0.25, 0.3) is 11.4 Å². The molecule has 1 aliphatic rings. The van der Waals surface area contributed by atoms with E-state index < -0.39 is 0 Å². The molecule has 0 aliphatic carbocycles. The number of hydrogen-bond donors (Lipinski definition) is 4. The number of amides is 1. The van der Waals surface area contributed by atoms with Crippen LogP contribution in [0.5, 0.6) is 0 Å². The normalized spacial score (nSPS) is 16.0. The second-order valence-electron chi connectivity index (χ2n) is 8.40. The average Bonchev–Trinajstić information content (AvgIpc) is 3.43. The van der Waals surface area contributed by atoms with Crippen molar-refractivity contribution in [3.8, 4) is 11.4 Å². The second kappa shape index (κ2) is 10.7. The number of carbonyl (C=O) groups is 1. The third-order valence-electron chi connectivity index (χ3n) is 5.98. The number of anilines is 2. The van der Waals surface area contributed by atoms with Crippen molar-refractivity contribution in [2.45, 2.75) is 12.8 Å². The minimum atomic E-state index is -0.327. The summed E-state index contributed by atoms with van der Waals surface area (Å²) in [5.41, 5.74) is 11.0. The predicted molar refractivity (Wildman–Crippen MR) is 139 cm³/mol. The maximum Gasteiger partial charge on any atom is 0.274 e.